The van der Waals surface area contributed by atoms with Crippen LogP contribution in [0.1, 0.15) is 61.3 Å². The van der Waals surface area contributed by atoms with E-state index in [1.165, 1.54) is 54.6 Å². The van der Waals surface area contributed by atoms with Gasteiger partial charge in [-0.1, -0.05) is 48.0 Å². The van der Waals surface area contributed by atoms with Crippen LogP contribution in [-0.4, -0.2) is 37.2 Å². The summed E-state index contributed by atoms with van der Waals surface area (Å²) in [7, 11) is 0. The van der Waals surface area contributed by atoms with Crippen LogP contribution >= 0.6 is 0 Å². The quantitative estimate of drug-likeness (QED) is 0.258. The molecule has 1 heterocycles. The van der Waals surface area contributed by atoms with E-state index in [0.717, 1.165) is 37.4 Å². The second-order valence-corrected chi connectivity index (χ2v) is 8.75. The van der Waals surface area contributed by atoms with Gasteiger partial charge >= 0.3 is 0 Å². The van der Waals surface area contributed by atoms with E-state index in [-0.39, 0.29) is 24.0 Å². The minimum absolute atomic E-state index is 0. The van der Waals surface area contributed by atoms with Crippen molar-refractivity contribution >= 4 is 18.1 Å². The van der Waals surface area contributed by atoms with E-state index in [9.17, 15) is 0 Å². The first-order valence-corrected chi connectivity index (χ1v) is 11.9. The summed E-state index contributed by atoms with van der Waals surface area (Å²) in [6.45, 7) is 12.9. The van der Waals surface area contributed by atoms with Crippen LogP contribution in [0.15, 0.2) is 42.5 Å². The predicted octanol–water partition coefficient (Wildman–Crippen LogP) is 3.54. The smallest absolute Gasteiger partial charge is 0.239 e. The summed E-state index contributed by atoms with van der Waals surface area (Å²) in [6.07, 6.45) is 12.6. The number of anilines is 1. The Morgan fingerprint density at radius 3 is 2.47 bits per heavy atom. The number of ether oxygens (including phenoxy) is 1. The molecular weight excluding hydrogens is 507 g/mol. The Morgan fingerprint density at radius 2 is 1.72 bits per heavy atom. The number of hydrogen-bond acceptors (Lipinski definition) is 2. The molecule has 0 fully saturated rings. The third-order valence-corrected chi connectivity index (χ3v) is 5.93. The van der Waals surface area contributed by atoms with E-state index >= 15 is 0 Å². The monoisotopic (exact) mass is 546 g/mol. The van der Waals surface area contributed by atoms with E-state index in [1.54, 1.807) is 0 Å². The van der Waals surface area contributed by atoms with Gasteiger partial charge in [-0.25, -0.2) is 4.90 Å². The van der Waals surface area contributed by atoms with E-state index in [4.69, 9.17) is 4.74 Å². The molecule has 0 spiro atoms. The average Bonchev–Trinajstić information content (AvgIpc) is 2.74. The zero-order chi connectivity index (χ0) is 22.1. The highest BCUT2D eigenvalue weighted by Gasteiger charge is 2.22. The summed E-state index contributed by atoms with van der Waals surface area (Å²) < 4.78 is 8.51. The second kappa shape index (κ2) is 13.7. The molecule has 0 aromatic heterocycles. The molecule has 0 N–H and O–H groups in total. The van der Waals surface area contributed by atoms with Crippen LogP contribution in [0.3, 0.4) is 0 Å². The molecule has 0 atom stereocenters. The number of unbranched alkanes of at least 4 members (excludes halogenated alkanes) is 3. The molecule has 0 amide bonds. The number of halogens is 1. The molecule has 3 rings (SSSR count). The van der Waals surface area contributed by atoms with Gasteiger partial charge < -0.3 is 28.7 Å². The summed E-state index contributed by atoms with van der Waals surface area (Å²) in [4.78, 5) is 2.46. The van der Waals surface area contributed by atoms with E-state index < -0.39 is 0 Å². The summed E-state index contributed by atoms with van der Waals surface area (Å²) in [6, 6.07) is 12.9. The lowest BCUT2D eigenvalue weighted by Gasteiger charge is -2.23. The number of para-hydroxylation sites is 1. The Balaban J connectivity index is 0.00000363. The van der Waals surface area contributed by atoms with Gasteiger partial charge in [0.25, 0.3) is 0 Å². The third kappa shape index (κ3) is 7.65. The number of rotatable bonds is 10. The topological polar surface area (TPSA) is 15.5 Å². The highest BCUT2D eigenvalue weighted by atomic mass is 127. The van der Waals surface area contributed by atoms with E-state index in [1.807, 2.05) is 13.0 Å². The number of aryl methyl sites for hydroxylation is 3. The van der Waals surface area contributed by atoms with Gasteiger partial charge in [-0.15, -0.1) is 0 Å². The standard InChI is InChI=1S/C28H39N2O.HI/c1-5-13-26-14-8-9-15-27(26)31-19-11-7-6-10-16-29-17-12-18-30(22-29)28-24(3)20-23(2)21-25(28)4;/h5,8-9,13-15,20-22H,6-7,10-12,16-19H2,1-4H3;1H/q+1;/p-1/b13-5-;. The number of benzene rings is 2. The van der Waals surface area contributed by atoms with Crippen molar-refractivity contribution < 1.29 is 33.3 Å². The van der Waals surface area contributed by atoms with Crippen LogP contribution in [-0.2, 0) is 0 Å². The molecule has 0 bridgehead atoms. The van der Waals surface area contributed by atoms with Gasteiger partial charge in [-0.05, 0) is 70.6 Å². The van der Waals surface area contributed by atoms with Gasteiger partial charge in [0.05, 0.1) is 26.2 Å². The van der Waals surface area contributed by atoms with Gasteiger partial charge in [-0.2, -0.15) is 0 Å². The molecule has 32 heavy (non-hydrogen) atoms. The largest absolute Gasteiger partial charge is 1.00 e. The zero-order valence-electron chi connectivity index (χ0n) is 20.2. The Morgan fingerprint density at radius 1 is 1.00 bits per heavy atom. The molecule has 1 aliphatic rings. The van der Waals surface area contributed by atoms with Crippen molar-refractivity contribution in [3.05, 3.63) is 64.7 Å². The minimum atomic E-state index is 0. The van der Waals surface area contributed by atoms with Gasteiger partial charge in [0, 0.05) is 12.0 Å². The lowest BCUT2D eigenvalue weighted by Crippen LogP contribution is -3.00. The SMILES string of the molecule is C/C=C\c1ccccc1OCCCCCC[N+]1=CN(c2c(C)cc(C)cc2C)CCC1.[I-]. The predicted molar refractivity (Wildman–Crippen MR) is 134 cm³/mol. The molecule has 4 heteroatoms. The molecule has 0 saturated carbocycles. The number of hydrogen-bond donors (Lipinski definition) is 0. The first-order valence-electron chi connectivity index (χ1n) is 11.9. The fraction of sp³-hybridized carbons (Fsp3) is 0.464. The first-order chi connectivity index (χ1) is 15.1. The van der Waals surface area contributed by atoms with Crippen LogP contribution in [0.4, 0.5) is 5.69 Å². The maximum atomic E-state index is 6.01. The van der Waals surface area contributed by atoms with Gasteiger partial charge in [0.1, 0.15) is 11.4 Å². The maximum Gasteiger partial charge on any atom is 0.239 e. The van der Waals surface area contributed by atoms with E-state index in [0.29, 0.717) is 0 Å². The van der Waals surface area contributed by atoms with E-state index in [2.05, 4.69) is 79.1 Å². The summed E-state index contributed by atoms with van der Waals surface area (Å²) >= 11 is 0. The van der Waals surface area contributed by atoms with Crippen molar-refractivity contribution in [3.8, 4) is 5.75 Å². The molecule has 3 nitrogen and oxygen atoms in total. The lowest BCUT2D eigenvalue weighted by molar-refractivity contribution is -0.527. The molecule has 0 unspecified atom stereocenters. The summed E-state index contributed by atoms with van der Waals surface area (Å²) in [5, 5.41) is 0. The summed E-state index contributed by atoms with van der Waals surface area (Å²) in [5.74, 6) is 0.991. The normalized spacial score (nSPS) is 13.8. The van der Waals surface area contributed by atoms with Crippen LogP contribution in [0.5, 0.6) is 5.75 Å². The fourth-order valence-electron chi connectivity index (χ4n) is 4.60. The molecule has 0 aliphatic carbocycles. The Hall–Kier alpha value is -1.82. The molecule has 174 valence electrons. The molecule has 2 aromatic rings. The highest BCUT2D eigenvalue weighted by Crippen LogP contribution is 2.26. The van der Waals surface area contributed by atoms with Crippen molar-refractivity contribution in [1.82, 2.24) is 0 Å². The van der Waals surface area contributed by atoms with Crippen molar-refractivity contribution in [2.24, 2.45) is 0 Å². The van der Waals surface area contributed by atoms with Crippen LogP contribution in [0, 0.1) is 20.8 Å². The van der Waals surface area contributed by atoms with Gasteiger partial charge in [0.15, 0.2) is 0 Å². The lowest BCUT2D eigenvalue weighted by atomic mass is 10.0. The van der Waals surface area contributed by atoms with Crippen LogP contribution in [0.25, 0.3) is 6.08 Å². The van der Waals surface area contributed by atoms with Crippen molar-refractivity contribution in [2.45, 2.75) is 59.8 Å². The second-order valence-electron chi connectivity index (χ2n) is 8.75. The molecule has 1 aliphatic heterocycles. The van der Waals surface area contributed by atoms with Crippen molar-refractivity contribution in [2.75, 3.05) is 31.1 Å². The Labute approximate surface area is 212 Å². The molecule has 2 aromatic carbocycles. The average molecular weight is 547 g/mol. The van der Waals surface area contributed by atoms with Crippen LogP contribution < -0.4 is 33.6 Å². The first kappa shape index (κ1) is 26.4. The zero-order valence-corrected chi connectivity index (χ0v) is 22.4. The Bertz CT molecular complexity index is 896. The highest BCUT2D eigenvalue weighted by molar-refractivity contribution is 5.80. The van der Waals surface area contributed by atoms with Gasteiger partial charge in [0.2, 0.25) is 6.34 Å². The Kier molecular flexibility index (Phi) is 11.3. The fourth-order valence-corrected chi connectivity index (χ4v) is 4.60. The maximum absolute atomic E-state index is 6.01. The molecule has 0 radical (unpaired) electrons. The molecule has 0 saturated heterocycles. The van der Waals surface area contributed by atoms with Crippen molar-refractivity contribution in [3.63, 3.8) is 0 Å². The van der Waals surface area contributed by atoms with Crippen molar-refractivity contribution in [1.29, 1.82) is 0 Å². The number of nitrogens with zero attached hydrogens (tertiary/aromatic N) is 2. The number of allylic oxidation sites excluding steroid dienone is 1. The van der Waals surface area contributed by atoms with Crippen LogP contribution in [0.2, 0.25) is 0 Å². The minimum Gasteiger partial charge on any atom is -1.00 e. The molecular formula is C28H39IN2O. The third-order valence-electron chi connectivity index (χ3n) is 5.93. The summed E-state index contributed by atoms with van der Waals surface area (Å²) in [5.41, 5.74) is 6.67. The van der Waals surface area contributed by atoms with Gasteiger partial charge in [-0.3, -0.25) is 4.58 Å².